The number of carboxylic acid groups (broad SMARTS) is 1. The molecule has 2 unspecified atom stereocenters. The van der Waals surface area contributed by atoms with Crippen molar-refractivity contribution in [1.82, 2.24) is 23.1 Å². The summed E-state index contributed by atoms with van der Waals surface area (Å²) in [6.07, 6.45) is 4.16. The number of halogens is 1. The molecule has 3 heterocycles. The van der Waals surface area contributed by atoms with Gasteiger partial charge in [-0.2, -0.15) is 17.1 Å². The summed E-state index contributed by atoms with van der Waals surface area (Å²) >= 11 is 8.00. The maximum atomic E-state index is 11.5. The summed E-state index contributed by atoms with van der Waals surface area (Å²) in [4.78, 5) is 17.0. The van der Waals surface area contributed by atoms with Crippen molar-refractivity contribution < 1.29 is 23.1 Å². The molecule has 0 spiro atoms. The monoisotopic (exact) mass is 646 g/mol. The number of piperazine rings is 1. The number of nitrogens with two attached hydrogens (primary N) is 1. The number of benzene rings is 1. The van der Waals surface area contributed by atoms with E-state index >= 15 is 0 Å². The summed E-state index contributed by atoms with van der Waals surface area (Å²) in [5.41, 5.74) is 1.98. The Morgan fingerprint density at radius 1 is 1.29 bits per heavy atom. The van der Waals surface area contributed by atoms with Gasteiger partial charge in [0, 0.05) is 63.6 Å². The molecular weight excluding hydrogens is 607 g/mol. The van der Waals surface area contributed by atoms with Crippen LogP contribution in [0, 0.1) is 5.92 Å². The zero-order valence-electron chi connectivity index (χ0n) is 23.9. The lowest BCUT2D eigenvalue weighted by Gasteiger charge is -2.32. The zero-order chi connectivity index (χ0) is 30.4. The van der Waals surface area contributed by atoms with Crippen LogP contribution in [-0.2, 0) is 32.8 Å². The van der Waals surface area contributed by atoms with E-state index in [-0.39, 0.29) is 0 Å². The lowest BCUT2D eigenvalue weighted by molar-refractivity contribution is -0.138. The van der Waals surface area contributed by atoms with E-state index in [0.29, 0.717) is 49.5 Å². The Labute approximate surface area is 253 Å². The van der Waals surface area contributed by atoms with Crippen molar-refractivity contribution in [3.8, 4) is 11.4 Å². The van der Waals surface area contributed by atoms with Crippen LogP contribution in [0.3, 0.4) is 0 Å². The van der Waals surface area contributed by atoms with Crippen LogP contribution in [0.15, 0.2) is 24.4 Å². The number of nitrogens with zero attached hydrogens (tertiary/aromatic N) is 5. The van der Waals surface area contributed by atoms with Crippen LogP contribution in [0.25, 0.3) is 22.3 Å². The van der Waals surface area contributed by atoms with E-state index in [9.17, 15) is 13.2 Å². The first-order valence-corrected chi connectivity index (χ1v) is 16.6. The molecule has 3 N–H and O–H groups in total. The molecule has 15 heteroatoms. The van der Waals surface area contributed by atoms with Crippen molar-refractivity contribution in [2.75, 3.05) is 39.9 Å². The van der Waals surface area contributed by atoms with Crippen molar-refractivity contribution in [1.29, 1.82) is 0 Å². The van der Waals surface area contributed by atoms with Gasteiger partial charge in [0.25, 0.3) is 10.2 Å². The van der Waals surface area contributed by atoms with Gasteiger partial charge in [-0.25, -0.2) is 10.1 Å². The number of para-hydroxylation sites is 1. The Bertz CT molecular complexity index is 1420. The van der Waals surface area contributed by atoms with Crippen molar-refractivity contribution in [3.63, 3.8) is 0 Å². The number of aliphatic carboxylic acids is 1. The second-order valence-electron chi connectivity index (χ2n) is 10.6. The number of hydrogen-bond acceptors (Lipinski definition) is 8. The molecule has 1 aliphatic heterocycles. The Morgan fingerprint density at radius 2 is 1.95 bits per heavy atom. The third kappa shape index (κ3) is 9.39. The van der Waals surface area contributed by atoms with Crippen LogP contribution in [0.1, 0.15) is 38.6 Å². The van der Waals surface area contributed by atoms with Crippen molar-refractivity contribution in [3.05, 3.63) is 34.4 Å². The van der Waals surface area contributed by atoms with Crippen LogP contribution in [-0.4, -0.2) is 87.7 Å². The molecule has 0 aliphatic carbocycles. The maximum Gasteiger partial charge on any atom is 0.312 e. The number of hydrogen-bond donors (Lipinski definition) is 2. The van der Waals surface area contributed by atoms with Gasteiger partial charge >= 0.3 is 5.97 Å². The van der Waals surface area contributed by atoms with Gasteiger partial charge in [0.15, 0.2) is 5.82 Å². The van der Waals surface area contributed by atoms with Crippen molar-refractivity contribution >= 4 is 59.5 Å². The molecule has 2 atom stereocenters. The van der Waals surface area contributed by atoms with Crippen molar-refractivity contribution in [2.45, 2.75) is 51.9 Å². The maximum absolute atomic E-state index is 11.5. The summed E-state index contributed by atoms with van der Waals surface area (Å²) < 4.78 is 36.5. The molecule has 1 saturated heterocycles. The van der Waals surface area contributed by atoms with E-state index < -0.39 is 21.3 Å². The lowest BCUT2D eigenvalue weighted by Crippen LogP contribution is -2.50. The first kappa shape index (κ1) is 33.8. The third-order valence-electron chi connectivity index (χ3n) is 6.92. The summed E-state index contributed by atoms with van der Waals surface area (Å²) in [6.45, 7) is 9.67. The largest absolute Gasteiger partial charge is 0.481 e. The fraction of sp³-hybridized carbons (Fsp3) is 0.577. The number of rotatable bonds is 11. The predicted molar refractivity (Wildman–Crippen MR) is 168 cm³/mol. The molecule has 228 valence electrons. The topological polar surface area (TPSA) is 144 Å². The lowest BCUT2D eigenvalue weighted by atomic mass is 10.0. The molecule has 2 aromatic heterocycles. The minimum atomic E-state index is -3.63. The molecule has 1 fully saturated rings. The average Bonchev–Trinajstić information content (AvgIpc) is 3.51. The van der Waals surface area contributed by atoms with E-state index in [0.717, 1.165) is 47.5 Å². The molecule has 1 aromatic carbocycles. The smallest absolute Gasteiger partial charge is 0.312 e. The van der Waals surface area contributed by atoms with Gasteiger partial charge in [0.05, 0.1) is 22.2 Å². The number of carbonyl (C=O) groups is 1. The quantitative estimate of drug-likeness (QED) is 0.298. The molecule has 41 heavy (non-hydrogen) atoms. The third-order valence-corrected chi connectivity index (χ3v) is 9.25. The second kappa shape index (κ2) is 14.7. The molecule has 0 radical (unpaired) electrons. The Morgan fingerprint density at radius 3 is 2.51 bits per heavy atom. The minimum Gasteiger partial charge on any atom is -0.481 e. The highest BCUT2D eigenvalue weighted by Gasteiger charge is 2.25. The first-order valence-electron chi connectivity index (χ1n) is 13.4. The predicted octanol–water partition coefficient (Wildman–Crippen LogP) is 3.92. The Hall–Kier alpha value is -1.70. The van der Waals surface area contributed by atoms with Crippen LogP contribution >= 0.6 is 32.4 Å². The normalized spacial score (nSPS) is 16.0. The van der Waals surface area contributed by atoms with Gasteiger partial charge in [-0.3, -0.25) is 9.69 Å². The summed E-state index contributed by atoms with van der Waals surface area (Å²) in [6, 6.07) is 5.94. The molecule has 0 amide bonds. The van der Waals surface area contributed by atoms with Gasteiger partial charge < -0.3 is 14.4 Å². The highest BCUT2D eigenvalue weighted by molar-refractivity contribution is 7.86. The van der Waals surface area contributed by atoms with Crippen LogP contribution in [0.4, 0.5) is 0 Å². The molecular formula is C26H40ClN6O5PS2. The highest BCUT2D eigenvalue weighted by Crippen LogP contribution is 2.35. The number of ether oxygens (including phenoxy) is 1. The van der Waals surface area contributed by atoms with E-state index in [2.05, 4.69) is 42.3 Å². The molecule has 0 bridgehead atoms. The van der Waals surface area contributed by atoms with E-state index in [1.807, 2.05) is 12.1 Å². The molecule has 11 nitrogen and oxygen atoms in total. The Kier molecular flexibility index (Phi) is 12.1. The minimum absolute atomic E-state index is 0.387. The van der Waals surface area contributed by atoms with Crippen LogP contribution in [0.5, 0.6) is 0 Å². The number of methoxy groups -OCH3 is 1. The van der Waals surface area contributed by atoms with E-state index in [4.69, 9.17) is 31.6 Å². The fourth-order valence-corrected chi connectivity index (χ4v) is 6.04. The Balaban J connectivity index is 0.000000587. The summed E-state index contributed by atoms with van der Waals surface area (Å²) in [5.74, 6) is 0.381. The van der Waals surface area contributed by atoms with Gasteiger partial charge in [-0.1, -0.05) is 37.1 Å². The van der Waals surface area contributed by atoms with Gasteiger partial charge in [-0.05, 0) is 43.8 Å². The van der Waals surface area contributed by atoms with Gasteiger partial charge in [0.2, 0.25) is 0 Å². The van der Waals surface area contributed by atoms with Gasteiger partial charge in [-0.15, -0.1) is 9.24 Å². The summed E-state index contributed by atoms with van der Waals surface area (Å²) in [7, 11) is 0.335. The fourth-order valence-electron chi connectivity index (χ4n) is 4.39. The average molecular weight is 647 g/mol. The standard InChI is InChI=1S/C22H31ClN6O3S2.C4H9O2P/c1-3-16(7-12-32-2)13-28-14-18(17-5-4-6-19(23)21(17)28)22-25-20(33-26-22)15-27-8-10-29(11-9-27)34(24,30)31;1-4(2,7)3(5)6/h4-6,14,16H,3,7-13,15H2,1-2H3,(H2,24,30,31);7H2,1-2H3,(H,5,6). The zero-order valence-corrected chi connectivity index (χ0v) is 27.5. The molecule has 3 aromatic rings. The van der Waals surface area contributed by atoms with E-state index in [1.54, 1.807) is 21.0 Å². The molecule has 0 saturated carbocycles. The number of carboxylic acids is 1. The van der Waals surface area contributed by atoms with Crippen LogP contribution < -0.4 is 5.14 Å². The first-order chi connectivity index (χ1) is 19.2. The van der Waals surface area contributed by atoms with Gasteiger partial charge in [0.1, 0.15) is 5.01 Å². The second-order valence-corrected chi connectivity index (χ2v) is 14.9. The highest BCUT2D eigenvalue weighted by atomic mass is 35.5. The molecule has 4 rings (SSSR count). The number of fused-ring (bicyclic) bond motifs is 1. The van der Waals surface area contributed by atoms with Crippen molar-refractivity contribution in [2.24, 2.45) is 11.1 Å². The number of aromatic nitrogens is 3. The summed E-state index contributed by atoms with van der Waals surface area (Å²) in [5, 5.41) is 15.5. The molecule has 1 aliphatic rings. The van der Waals surface area contributed by atoms with E-state index in [1.165, 1.54) is 15.8 Å². The van der Waals surface area contributed by atoms with Crippen LogP contribution in [0.2, 0.25) is 5.02 Å². The SMILES string of the molecule is CC(C)(P)C(=O)O.CCC(CCOC)Cn1cc(-c2nsc(CN3CCN(S(N)(=O)=O)CC3)n2)c2cccc(Cl)c21.